The van der Waals surface area contributed by atoms with Gasteiger partial charge in [-0.1, -0.05) is 31.3 Å². The number of benzene rings is 1. The Labute approximate surface area is 128 Å². The van der Waals surface area contributed by atoms with Crippen molar-refractivity contribution in [3.63, 3.8) is 0 Å². The van der Waals surface area contributed by atoms with Gasteiger partial charge in [0.05, 0.1) is 6.61 Å². The summed E-state index contributed by atoms with van der Waals surface area (Å²) in [5.74, 6) is 0.996. The molecule has 0 bridgehead atoms. The second-order valence-electron chi connectivity index (χ2n) is 5.01. The maximum atomic E-state index is 12.2. The van der Waals surface area contributed by atoms with Gasteiger partial charge in [-0.15, -0.1) is 10.2 Å². The standard InChI is InChI=1S/C15H19N3O2S/c1-4-20-12-7-5-6-11(9-12)14(19)16-15-18-17-13(21-15)8-10(2)3/h5-7,9-10H,4,8H2,1-3H3,(H,16,18,19). The molecule has 112 valence electrons. The molecule has 0 saturated carbocycles. The van der Waals surface area contributed by atoms with Gasteiger partial charge in [-0.2, -0.15) is 0 Å². The van der Waals surface area contributed by atoms with Crippen molar-refractivity contribution in [2.75, 3.05) is 11.9 Å². The predicted molar refractivity (Wildman–Crippen MR) is 84.0 cm³/mol. The molecule has 5 nitrogen and oxygen atoms in total. The van der Waals surface area contributed by atoms with E-state index in [-0.39, 0.29) is 5.91 Å². The van der Waals surface area contributed by atoms with Gasteiger partial charge in [-0.25, -0.2) is 0 Å². The van der Waals surface area contributed by atoms with E-state index in [1.807, 2.05) is 13.0 Å². The van der Waals surface area contributed by atoms with Crippen molar-refractivity contribution in [2.24, 2.45) is 5.92 Å². The number of anilines is 1. The van der Waals surface area contributed by atoms with Crippen LogP contribution in [0.5, 0.6) is 5.75 Å². The first kappa shape index (κ1) is 15.4. The molecule has 0 unspecified atom stereocenters. The lowest BCUT2D eigenvalue weighted by atomic mass is 10.1. The molecule has 0 fully saturated rings. The average Bonchev–Trinajstić information content (AvgIpc) is 2.86. The van der Waals surface area contributed by atoms with Crippen molar-refractivity contribution >= 4 is 22.4 Å². The first-order valence-corrected chi connectivity index (χ1v) is 7.76. The van der Waals surface area contributed by atoms with Crippen LogP contribution < -0.4 is 10.1 Å². The fraction of sp³-hybridized carbons (Fsp3) is 0.400. The zero-order valence-electron chi connectivity index (χ0n) is 12.4. The van der Waals surface area contributed by atoms with Gasteiger partial charge in [-0.05, 0) is 31.0 Å². The van der Waals surface area contributed by atoms with Crippen LogP contribution in [0.4, 0.5) is 5.13 Å². The summed E-state index contributed by atoms with van der Waals surface area (Å²) >= 11 is 1.41. The Hall–Kier alpha value is -1.95. The van der Waals surface area contributed by atoms with Crippen LogP contribution in [0.15, 0.2) is 24.3 Å². The Kier molecular flexibility index (Phi) is 5.27. The summed E-state index contributed by atoms with van der Waals surface area (Å²) in [4.78, 5) is 12.2. The number of nitrogens with zero attached hydrogens (tertiary/aromatic N) is 2. The lowest BCUT2D eigenvalue weighted by molar-refractivity contribution is 0.102. The highest BCUT2D eigenvalue weighted by molar-refractivity contribution is 7.15. The second kappa shape index (κ2) is 7.17. The number of amides is 1. The molecule has 0 aliphatic heterocycles. The minimum Gasteiger partial charge on any atom is -0.494 e. The molecule has 2 rings (SSSR count). The smallest absolute Gasteiger partial charge is 0.257 e. The predicted octanol–water partition coefficient (Wildman–Crippen LogP) is 3.39. The van der Waals surface area contributed by atoms with Crippen LogP contribution in [0.25, 0.3) is 0 Å². The summed E-state index contributed by atoms with van der Waals surface area (Å²) in [5, 5.41) is 12.3. The molecule has 6 heteroatoms. The third-order valence-electron chi connectivity index (χ3n) is 2.68. The van der Waals surface area contributed by atoms with E-state index >= 15 is 0 Å². The van der Waals surface area contributed by atoms with Crippen LogP contribution in [0.3, 0.4) is 0 Å². The Morgan fingerprint density at radius 1 is 1.38 bits per heavy atom. The van der Waals surface area contributed by atoms with E-state index in [1.54, 1.807) is 18.2 Å². The third-order valence-corrected chi connectivity index (χ3v) is 3.54. The fourth-order valence-corrected chi connectivity index (χ4v) is 2.75. The molecule has 0 spiro atoms. The number of hydrogen-bond donors (Lipinski definition) is 1. The second-order valence-corrected chi connectivity index (χ2v) is 6.08. The van der Waals surface area contributed by atoms with E-state index < -0.39 is 0 Å². The van der Waals surface area contributed by atoms with E-state index in [4.69, 9.17) is 4.74 Å². The lowest BCUT2D eigenvalue weighted by Gasteiger charge is -2.05. The van der Waals surface area contributed by atoms with Crippen molar-refractivity contribution in [1.29, 1.82) is 0 Å². The SMILES string of the molecule is CCOc1cccc(C(=O)Nc2nnc(CC(C)C)s2)c1. The first-order chi connectivity index (χ1) is 10.1. The molecule has 0 radical (unpaired) electrons. The summed E-state index contributed by atoms with van der Waals surface area (Å²) in [6, 6.07) is 7.08. The van der Waals surface area contributed by atoms with Gasteiger partial charge in [0, 0.05) is 12.0 Å². The number of ether oxygens (including phenoxy) is 1. The highest BCUT2D eigenvalue weighted by Crippen LogP contribution is 2.20. The maximum Gasteiger partial charge on any atom is 0.257 e. The van der Waals surface area contributed by atoms with Crippen molar-refractivity contribution in [3.8, 4) is 5.75 Å². The molecule has 0 atom stereocenters. The van der Waals surface area contributed by atoms with Crippen molar-refractivity contribution in [2.45, 2.75) is 27.2 Å². The molecule has 1 aromatic heterocycles. The maximum absolute atomic E-state index is 12.2. The molecular formula is C15H19N3O2S. The molecule has 2 aromatic rings. The number of hydrogen-bond acceptors (Lipinski definition) is 5. The molecule has 1 aromatic carbocycles. The van der Waals surface area contributed by atoms with Crippen molar-refractivity contribution in [1.82, 2.24) is 10.2 Å². The summed E-state index contributed by atoms with van der Waals surface area (Å²) in [6.45, 7) is 6.72. The van der Waals surface area contributed by atoms with Gasteiger partial charge < -0.3 is 4.74 Å². The number of carbonyl (C=O) groups excluding carboxylic acids is 1. The normalized spacial score (nSPS) is 10.7. The number of aromatic nitrogens is 2. The third kappa shape index (κ3) is 4.53. The topological polar surface area (TPSA) is 64.1 Å². The van der Waals surface area contributed by atoms with Gasteiger partial charge in [-0.3, -0.25) is 10.1 Å². The van der Waals surface area contributed by atoms with Crippen molar-refractivity contribution < 1.29 is 9.53 Å². The number of carbonyl (C=O) groups is 1. The van der Waals surface area contributed by atoms with E-state index in [0.717, 1.165) is 11.4 Å². The highest BCUT2D eigenvalue weighted by Gasteiger charge is 2.11. The molecular weight excluding hydrogens is 286 g/mol. The van der Waals surface area contributed by atoms with Gasteiger partial charge >= 0.3 is 0 Å². The van der Waals surface area contributed by atoms with Crippen LogP contribution in [0.1, 0.15) is 36.1 Å². The van der Waals surface area contributed by atoms with Crippen LogP contribution >= 0.6 is 11.3 Å². The summed E-state index contributed by atoms with van der Waals surface area (Å²) in [5.41, 5.74) is 0.543. The molecule has 1 amide bonds. The quantitative estimate of drug-likeness (QED) is 0.888. The zero-order valence-corrected chi connectivity index (χ0v) is 13.2. The lowest BCUT2D eigenvalue weighted by Crippen LogP contribution is -2.11. The first-order valence-electron chi connectivity index (χ1n) is 6.95. The molecule has 0 aliphatic carbocycles. The van der Waals surface area contributed by atoms with Gasteiger partial charge in [0.25, 0.3) is 5.91 Å². The number of nitrogens with one attached hydrogen (secondary N) is 1. The highest BCUT2D eigenvalue weighted by atomic mass is 32.1. The van der Waals surface area contributed by atoms with E-state index in [9.17, 15) is 4.79 Å². The van der Waals surface area contributed by atoms with Gasteiger partial charge in [0.15, 0.2) is 0 Å². The Bertz CT molecular complexity index is 610. The van der Waals surface area contributed by atoms with E-state index in [1.165, 1.54) is 11.3 Å². The minimum atomic E-state index is -0.205. The summed E-state index contributed by atoms with van der Waals surface area (Å²) in [7, 11) is 0. The molecule has 1 heterocycles. The fourth-order valence-electron chi connectivity index (χ4n) is 1.80. The van der Waals surface area contributed by atoms with Gasteiger partial charge in [0.2, 0.25) is 5.13 Å². The average molecular weight is 305 g/mol. The molecule has 0 saturated heterocycles. The summed E-state index contributed by atoms with van der Waals surface area (Å²) < 4.78 is 5.39. The Morgan fingerprint density at radius 2 is 2.19 bits per heavy atom. The van der Waals surface area contributed by atoms with Crippen molar-refractivity contribution in [3.05, 3.63) is 34.8 Å². The van der Waals surface area contributed by atoms with E-state index in [0.29, 0.717) is 29.0 Å². The Morgan fingerprint density at radius 3 is 2.90 bits per heavy atom. The largest absolute Gasteiger partial charge is 0.494 e. The van der Waals surface area contributed by atoms with Crippen LogP contribution in [-0.2, 0) is 6.42 Å². The van der Waals surface area contributed by atoms with Crippen LogP contribution in [0, 0.1) is 5.92 Å². The molecule has 0 aliphatic rings. The Balaban J connectivity index is 2.03. The van der Waals surface area contributed by atoms with Crippen LogP contribution in [-0.4, -0.2) is 22.7 Å². The van der Waals surface area contributed by atoms with Crippen LogP contribution in [0.2, 0.25) is 0 Å². The monoisotopic (exact) mass is 305 g/mol. The van der Waals surface area contributed by atoms with E-state index in [2.05, 4.69) is 29.4 Å². The summed E-state index contributed by atoms with van der Waals surface area (Å²) in [6.07, 6.45) is 0.868. The molecule has 1 N–H and O–H groups in total. The number of rotatable bonds is 6. The van der Waals surface area contributed by atoms with Gasteiger partial charge in [0.1, 0.15) is 10.8 Å². The zero-order chi connectivity index (χ0) is 15.2. The minimum absolute atomic E-state index is 0.205. The molecule has 21 heavy (non-hydrogen) atoms.